The highest BCUT2D eigenvalue weighted by Gasteiger charge is 2.21. The van der Waals surface area contributed by atoms with Crippen molar-refractivity contribution < 1.29 is 9.66 Å². The molecular formula is C11H16N4O3. The van der Waals surface area contributed by atoms with E-state index in [0.29, 0.717) is 5.88 Å². The summed E-state index contributed by atoms with van der Waals surface area (Å²) in [5, 5.41) is 10.6. The zero-order valence-electron chi connectivity index (χ0n) is 9.91. The van der Waals surface area contributed by atoms with Crippen LogP contribution in [0.1, 0.15) is 25.7 Å². The fourth-order valence-electron chi connectivity index (χ4n) is 2.05. The van der Waals surface area contributed by atoms with Gasteiger partial charge in [-0.15, -0.1) is 0 Å². The summed E-state index contributed by atoms with van der Waals surface area (Å²) in [6, 6.07) is 3.04. The summed E-state index contributed by atoms with van der Waals surface area (Å²) < 4.78 is 5.65. The Bertz CT molecular complexity index is 444. The molecule has 1 aromatic rings. The first-order valence-corrected chi connectivity index (χ1v) is 5.89. The Morgan fingerprint density at radius 1 is 1.33 bits per heavy atom. The number of nitro groups is 1. The minimum Gasteiger partial charge on any atom is -0.474 e. The van der Waals surface area contributed by atoms with E-state index >= 15 is 0 Å². The van der Waals surface area contributed by atoms with Crippen LogP contribution >= 0.6 is 0 Å². The van der Waals surface area contributed by atoms with Crippen LogP contribution < -0.4 is 16.2 Å². The van der Waals surface area contributed by atoms with Gasteiger partial charge >= 0.3 is 5.69 Å². The zero-order chi connectivity index (χ0) is 13.1. The van der Waals surface area contributed by atoms with Crippen LogP contribution in [-0.2, 0) is 0 Å². The second-order valence-corrected chi connectivity index (χ2v) is 4.47. The van der Waals surface area contributed by atoms with Crippen molar-refractivity contribution >= 4 is 11.5 Å². The highest BCUT2D eigenvalue weighted by atomic mass is 16.6. The number of pyridine rings is 1. The van der Waals surface area contributed by atoms with Crippen molar-refractivity contribution in [2.24, 2.45) is 5.73 Å². The van der Waals surface area contributed by atoms with Crippen molar-refractivity contribution in [1.29, 1.82) is 0 Å². The summed E-state index contributed by atoms with van der Waals surface area (Å²) in [5.74, 6) is 0.212. The molecule has 0 radical (unpaired) electrons. The minimum atomic E-state index is -0.564. The monoisotopic (exact) mass is 252 g/mol. The van der Waals surface area contributed by atoms with Crippen LogP contribution in [-0.4, -0.2) is 22.1 Å². The van der Waals surface area contributed by atoms with Crippen molar-refractivity contribution in [3.05, 3.63) is 22.2 Å². The maximum absolute atomic E-state index is 10.6. The second-order valence-electron chi connectivity index (χ2n) is 4.47. The molecule has 7 heteroatoms. The molecule has 4 N–H and O–H groups in total. The van der Waals surface area contributed by atoms with E-state index in [4.69, 9.17) is 16.2 Å². The number of nitrogens with two attached hydrogens (primary N) is 2. The Hall–Kier alpha value is -1.89. The van der Waals surface area contributed by atoms with Gasteiger partial charge < -0.3 is 16.2 Å². The SMILES string of the molecule is Nc1nc(OC2CCC(N)CC2)ccc1[N+](=O)[O-]. The lowest BCUT2D eigenvalue weighted by atomic mass is 9.94. The molecule has 0 amide bonds. The van der Waals surface area contributed by atoms with Gasteiger partial charge in [0.2, 0.25) is 11.7 Å². The molecule has 1 saturated carbocycles. The van der Waals surface area contributed by atoms with E-state index in [1.54, 1.807) is 0 Å². The predicted octanol–water partition coefficient (Wildman–Crippen LogP) is 1.22. The number of hydrogen-bond acceptors (Lipinski definition) is 6. The number of anilines is 1. The number of ether oxygens (including phenoxy) is 1. The smallest absolute Gasteiger partial charge is 0.311 e. The van der Waals surface area contributed by atoms with Crippen molar-refractivity contribution in [2.45, 2.75) is 37.8 Å². The van der Waals surface area contributed by atoms with E-state index in [9.17, 15) is 10.1 Å². The number of rotatable bonds is 3. The van der Waals surface area contributed by atoms with Crippen LogP contribution in [0, 0.1) is 10.1 Å². The van der Waals surface area contributed by atoms with Gasteiger partial charge in [0.15, 0.2) is 0 Å². The molecule has 0 aromatic carbocycles. The molecule has 0 bridgehead atoms. The number of nitrogen functional groups attached to an aromatic ring is 1. The summed E-state index contributed by atoms with van der Waals surface area (Å²) in [5.41, 5.74) is 11.1. The first kappa shape index (κ1) is 12.6. The standard InChI is InChI=1S/C11H16N4O3/c12-7-1-3-8(4-2-7)18-10-6-5-9(15(16)17)11(13)14-10/h5-8H,1-4,12H2,(H2,13,14). The van der Waals surface area contributed by atoms with E-state index in [1.165, 1.54) is 12.1 Å². The van der Waals surface area contributed by atoms with Crippen LogP contribution in [0.4, 0.5) is 11.5 Å². The Balaban J connectivity index is 2.02. The fraction of sp³-hybridized carbons (Fsp3) is 0.545. The van der Waals surface area contributed by atoms with E-state index in [1.807, 2.05) is 0 Å². The molecular weight excluding hydrogens is 236 g/mol. The summed E-state index contributed by atoms with van der Waals surface area (Å²) in [4.78, 5) is 13.9. The van der Waals surface area contributed by atoms with Gasteiger partial charge in [0.25, 0.3) is 0 Å². The van der Waals surface area contributed by atoms with Crippen LogP contribution in [0.15, 0.2) is 12.1 Å². The third-order valence-electron chi connectivity index (χ3n) is 3.08. The number of hydrogen-bond donors (Lipinski definition) is 2. The Kier molecular flexibility index (Phi) is 3.61. The number of nitrogens with zero attached hydrogens (tertiary/aromatic N) is 2. The molecule has 7 nitrogen and oxygen atoms in total. The normalized spacial score (nSPS) is 23.6. The van der Waals surface area contributed by atoms with Gasteiger partial charge in [0.1, 0.15) is 6.10 Å². The van der Waals surface area contributed by atoms with Gasteiger partial charge in [-0.25, -0.2) is 0 Å². The molecule has 1 aromatic heterocycles. The molecule has 0 aliphatic heterocycles. The van der Waals surface area contributed by atoms with Gasteiger partial charge in [-0.1, -0.05) is 0 Å². The van der Waals surface area contributed by atoms with E-state index < -0.39 is 4.92 Å². The van der Waals surface area contributed by atoms with Gasteiger partial charge in [-0.3, -0.25) is 10.1 Å². The molecule has 1 fully saturated rings. The third kappa shape index (κ3) is 2.86. The second kappa shape index (κ2) is 5.18. The largest absolute Gasteiger partial charge is 0.474 e. The molecule has 0 saturated heterocycles. The molecule has 1 heterocycles. The minimum absolute atomic E-state index is 0.0677. The lowest BCUT2D eigenvalue weighted by Crippen LogP contribution is -2.31. The molecule has 98 valence electrons. The van der Waals surface area contributed by atoms with Crippen molar-refractivity contribution in [3.8, 4) is 5.88 Å². The van der Waals surface area contributed by atoms with Crippen LogP contribution in [0.5, 0.6) is 5.88 Å². The maximum Gasteiger partial charge on any atom is 0.311 e. The molecule has 1 aliphatic rings. The average Bonchev–Trinajstić information content (AvgIpc) is 2.32. The Morgan fingerprint density at radius 3 is 2.56 bits per heavy atom. The summed E-state index contributed by atoms with van der Waals surface area (Å²) in [6.45, 7) is 0. The Labute approximate surface area is 104 Å². The van der Waals surface area contributed by atoms with Crippen LogP contribution in [0.3, 0.4) is 0 Å². The summed E-state index contributed by atoms with van der Waals surface area (Å²) >= 11 is 0. The van der Waals surface area contributed by atoms with Gasteiger partial charge in [-0.05, 0) is 25.7 Å². The maximum atomic E-state index is 10.6. The first-order valence-electron chi connectivity index (χ1n) is 5.89. The third-order valence-corrected chi connectivity index (χ3v) is 3.08. The predicted molar refractivity (Wildman–Crippen MR) is 66.2 cm³/mol. The zero-order valence-corrected chi connectivity index (χ0v) is 9.91. The van der Waals surface area contributed by atoms with E-state index in [0.717, 1.165) is 25.7 Å². The van der Waals surface area contributed by atoms with Crippen molar-refractivity contribution in [3.63, 3.8) is 0 Å². The average molecular weight is 252 g/mol. The molecule has 2 rings (SSSR count). The van der Waals surface area contributed by atoms with Gasteiger partial charge in [0, 0.05) is 18.2 Å². The Morgan fingerprint density at radius 2 is 2.00 bits per heavy atom. The van der Waals surface area contributed by atoms with Gasteiger partial charge in [0.05, 0.1) is 4.92 Å². The van der Waals surface area contributed by atoms with Crippen LogP contribution in [0.25, 0.3) is 0 Å². The van der Waals surface area contributed by atoms with E-state index in [-0.39, 0.29) is 23.7 Å². The molecule has 1 aliphatic carbocycles. The number of aromatic nitrogens is 1. The lowest BCUT2D eigenvalue weighted by molar-refractivity contribution is -0.384. The van der Waals surface area contributed by atoms with Gasteiger partial charge in [-0.2, -0.15) is 4.98 Å². The quantitative estimate of drug-likeness (QED) is 0.617. The molecule has 0 atom stereocenters. The highest BCUT2D eigenvalue weighted by Crippen LogP contribution is 2.25. The molecule has 0 unspecified atom stereocenters. The topological polar surface area (TPSA) is 117 Å². The summed E-state index contributed by atoms with van der Waals surface area (Å²) in [6.07, 6.45) is 3.66. The van der Waals surface area contributed by atoms with Crippen LogP contribution in [0.2, 0.25) is 0 Å². The fourth-order valence-corrected chi connectivity index (χ4v) is 2.05. The highest BCUT2D eigenvalue weighted by molar-refractivity contribution is 5.53. The molecule has 18 heavy (non-hydrogen) atoms. The van der Waals surface area contributed by atoms with E-state index in [2.05, 4.69) is 4.98 Å². The lowest BCUT2D eigenvalue weighted by Gasteiger charge is -2.26. The summed E-state index contributed by atoms with van der Waals surface area (Å²) in [7, 11) is 0. The molecule has 0 spiro atoms. The van der Waals surface area contributed by atoms with Crippen molar-refractivity contribution in [1.82, 2.24) is 4.98 Å². The van der Waals surface area contributed by atoms with Crippen molar-refractivity contribution in [2.75, 3.05) is 5.73 Å². The first-order chi connectivity index (χ1) is 8.56.